The molecular weight excluding hydrogens is 649 g/mol. The van der Waals surface area contributed by atoms with Crippen molar-refractivity contribution in [1.82, 2.24) is 19.3 Å². The number of fused-ring (bicyclic) bond motifs is 3. The van der Waals surface area contributed by atoms with Crippen molar-refractivity contribution >= 4 is 21.8 Å². The third-order valence-electron chi connectivity index (χ3n) is 10.4. The minimum Gasteiger partial charge on any atom is -0.457 e. The zero-order chi connectivity index (χ0) is 37.8. The number of aryl methyl sites for hydroxylation is 2. The Balaban J connectivity index is 1.31. The second kappa shape index (κ2) is 13.7. The second-order valence-electron chi connectivity index (χ2n) is 17.0. The molecule has 4 aromatic carbocycles. The summed E-state index contributed by atoms with van der Waals surface area (Å²) in [5.41, 5.74) is 13.5. The molecule has 0 aliphatic heterocycles. The van der Waals surface area contributed by atoms with Gasteiger partial charge in [-0.1, -0.05) is 105 Å². The van der Waals surface area contributed by atoms with Crippen molar-refractivity contribution in [3.05, 3.63) is 131 Å². The predicted octanol–water partition coefficient (Wildman–Crippen LogP) is 13.1. The maximum Gasteiger partial charge on any atom is 0.137 e. The SMILES string of the molecule is CCCc1c(-c2cc(C)c(C(C)(C)C)c(C)c2)c(C(C)C)nn1-c1cccc(Oc2ccc3c4ccccc4n(-c4cc(C(C)(C)C)ccn4)c3c2)c1. The van der Waals surface area contributed by atoms with Gasteiger partial charge >= 0.3 is 0 Å². The number of ether oxygens (including phenoxy) is 1. The molecule has 5 heteroatoms. The van der Waals surface area contributed by atoms with Gasteiger partial charge in [-0.15, -0.1) is 0 Å². The number of para-hydroxylation sites is 1. The van der Waals surface area contributed by atoms with E-state index in [1.54, 1.807) is 0 Å². The summed E-state index contributed by atoms with van der Waals surface area (Å²) in [6.45, 7) is 24.9. The number of hydrogen-bond donors (Lipinski definition) is 0. The van der Waals surface area contributed by atoms with E-state index in [9.17, 15) is 0 Å². The first-order valence-electron chi connectivity index (χ1n) is 19.2. The molecule has 0 saturated carbocycles. The van der Waals surface area contributed by atoms with Gasteiger partial charge in [-0.05, 0) is 107 Å². The number of rotatable bonds is 8. The van der Waals surface area contributed by atoms with Crippen LogP contribution < -0.4 is 4.74 Å². The molecule has 0 aliphatic carbocycles. The summed E-state index contributed by atoms with van der Waals surface area (Å²) in [5, 5.41) is 7.70. The van der Waals surface area contributed by atoms with Gasteiger partial charge in [-0.3, -0.25) is 4.57 Å². The van der Waals surface area contributed by atoms with E-state index in [2.05, 4.69) is 170 Å². The van der Waals surface area contributed by atoms with Gasteiger partial charge in [0.25, 0.3) is 0 Å². The molecule has 0 unspecified atom stereocenters. The zero-order valence-corrected chi connectivity index (χ0v) is 33.4. The van der Waals surface area contributed by atoms with Crippen molar-refractivity contribution in [2.24, 2.45) is 0 Å². The quantitative estimate of drug-likeness (QED) is 0.158. The van der Waals surface area contributed by atoms with Gasteiger partial charge in [0, 0.05) is 34.7 Å². The maximum absolute atomic E-state index is 6.68. The van der Waals surface area contributed by atoms with E-state index < -0.39 is 0 Å². The van der Waals surface area contributed by atoms with Crippen LogP contribution in [0.3, 0.4) is 0 Å². The summed E-state index contributed by atoms with van der Waals surface area (Å²) in [6, 6.07) is 32.4. The van der Waals surface area contributed by atoms with Crippen molar-refractivity contribution in [2.75, 3.05) is 0 Å². The molecule has 0 N–H and O–H groups in total. The summed E-state index contributed by atoms with van der Waals surface area (Å²) in [5.74, 6) is 2.71. The minimum atomic E-state index is 0.00672. The molecule has 7 aromatic rings. The standard InChI is InChI=1S/C48H54N4O/c1-12-16-41-44(33-25-31(4)45(32(5)26-33)48(9,10)11)46(30(2)3)50-52(41)35-17-15-18-36(28-35)53-37-21-22-39-38-19-13-14-20-40(38)51(42(39)29-37)43-27-34(23-24-49-43)47(6,7)8/h13-15,17-30H,12,16H2,1-11H3. The Morgan fingerprint density at radius 3 is 2.09 bits per heavy atom. The van der Waals surface area contributed by atoms with Crippen LogP contribution in [0.25, 0.3) is 44.4 Å². The highest BCUT2D eigenvalue weighted by Gasteiger charge is 2.26. The highest BCUT2D eigenvalue weighted by molar-refractivity contribution is 6.09. The number of nitrogens with zero attached hydrogens (tertiary/aromatic N) is 4. The average Bonchev–Trinajstić information content (AvgIpc) is 3.63. The van der Waals surface area contributed by atoms with E-state index in [0.29, 0.717) is 0 Å². The predicted molar refractivity (Wildman–Crippen MR) is 223 cm³/mol. The Morgan fingerprint density at radius 1 is 0.717 bits per heavy atom. The third kappa shape index (κ3) is 6.78. The molecule has 272 valence electrons. The first-order chi connectivity index (χ1) is 25.2. The fourth-order valence-corrected chi connectivity index (χ4v) is 8.25. The molecule has 3 aromatic heterocycles. The van der Waals surface area contributed by atoms with Crippen LogP contribution in [0, 0.1) is 13.8 Å². The first-order valence-corrected chi connectivity index (χ1v) is 19.2. The van der Waals surface area contributed by atoms with Crippen molar-refractivity contribution in [3.8, 4) is 34.1 Å². The Labute approximate surface area is 315 Å². The Bertz CT molecular complexity index is 2440. The van der Waals surface area contributed by atoms with Crippen LogP contribution in [-0.4, -0.2) is 19.3 Å². The van der Waals surface area contributed by atoms with Crippen LogP contribution in [0.5, 0.6) is 11.5 Å². The molecule has 0 saturated heterocycles. The largest absolute Gasteiger partial charge is 0.457 e. The van der Waals surface area contributed by atoms with Gasteiger partial charge in [-0.25, -0.2) is 9.67 Å². The zero-order valence-electron chi connectivity index (χ0n) is 33.4. The number of hydrogen-bond acceptors (Lipinski definition) is 3. The van der Waals surface area contributed by atoms with Gasteiger partial charge in [-0.2, -0.15) is 5.10 Å². The third-order valence-corrected chi connectivity index (χ3v) is 10.4. The van der Waals surface area contributed by atoms with Crippen LogP contribution >= 0.6 is 0 Å². The molecular formula is C48H54N4O. The van der Waals surface area contributed by atoms with Crippen LogP contribution in [0.4, 0.5) is 0 Å². The lowest BCUT2D eigenvalue weighted by Crippen LogP contribution is -2.15. The molecule has 3 heterocycles. The average molecular weight is 703 g/mol. The van der Waals surface area contributed by atoms with Crippen molar-refractivity contribution in [2.45, 2.75) is 106 Å². The highest BCUT2D eigenvalue weighted by atomic mass is 16.5. The van der Waals surface area contributed by atoms with Crippen LogP contribution in [0.1, 0.15) is 108 Å². The van der Waals surface area contributed by atoms with Crippen molar-refractivity contribution in [1.29, 1.82) is 0 Å². The highest BCUT2D eigenvalue weighted by Crippen LogP contribution is 2.40. The smallest absolute Gasteiger partial charge is 0.137 e. The Morgan fingerprint density at radius 2 is 1.42 bits per heavy atom. The van der Waals surface area contributed by atoms with Crippen LogP contribution in [-0.2, 0) is 17.3 Å². The molecule has 0 radical (unpaired) electrons. The summed E-state index contributed by atoms with van der Waals surface area (Å²) in [4.78, 5) is 4.86. The summed E-state index contributed by atoms with van der Waals surface area (Å²) < 4.78 is 11.1. The molecule has 0 atom stereocenters. The Kier molecular flexibility index (Phi) is 9.34. The molecule has 7 rings (SSSR count). The molecule has 5 nitrogen and oxygen atoms in total. The molecule has 0 fully saturated rings. The van der Waals surface area contributed by atoms with Gasteiger partial charge < -0.3 is 4.74 Å². The maximum atomic E-state index is 6.68. The number of aromatic nitrogens is 4. The van der Waals surface area contributed by atoms with E-state index in [4.69, 9.17) is 14.8 Å². The Hall–Kier alpha value is -5.16. The lowest BCUT2D eigenvalue weighted by molar-refractivity contribution is 0.482. The van der Waals surface area contributed by atoms with Gasteiger partial charge in [0.05, 0.1) is 28.1 Å². The minimum absolute atomic E-state index is 0.00672. The molecule has 0 bridgehead atoms. The monoisotopic (exact) mass is 702 g/mol. The molecule has 53 heavy (non-hydrogen) atoms. The molecule has 0 aliphatic rings. The van der Waals surface area contributed by atoms with E-state index in [0.717, 1.165) is 52.6 Å². The van der Waals surface area contributed by atoms with Crippen LogP contribution in [0.2, 0.25) is 0 Å². The van der Waals surface area contributed by atoms with Crippen LogP contribution in [0.15, 0.2) is 97.2 Å². The number of benzene rings is 4. The molecule has 0 amide bonds. The lowest BCUT2D eigenvalue weighted by atomic mass is 9.79. The lowest BCUT2D eigenvalue weighted by Gasteiger charge is -2.25. The van der Waals surface area contributed by atoms with E-state index >= 15 is 0 Å². The van der Waals surface area contributed by atoms with Gasteiger partial charge in [0.2, 0.25) is 0 Å². The van der Waals surface area contributed by atoms with Gasteiger partial charge in [0.15, 0.2) is 0 Å². The fourth-order valence-electron chi connectivity index (χ4n) is 8.25. The number of pyridine rings is 1. The second-order valence-corrected chi connectivity index (χ2v) is 17.0. The van der Waals surface area contributed by atoms with Crippen molar-refractivity contribution in [3.63, 3.8) is 0 Å². The van der Waals surface area contributed by atoms with E-state index in [1.807, 2.05) is 12.3 Å². The first kappa shape index (κ1) is 36.2. The molecule has 0 spiro atoms. The van der Waals surface area contributed by atoms with E-state index in [-0.39, 0.29) is 16.7 Å². The summed E-state index contributed by atoms with van der Waals surface area (Å²) >= 11 is 0. The summed E-state index contributed by atoms with van der Waals surface area (Å²) in [6.07, 6.45) is 3.86. The summed E-state index contributed by atoms with van der Waals surface area (Å²) in [7, 11) is 0. The normalized spacial score (nSPS) is 12.4. The van der Waals surface area contributed by atoms with Crippen molar-refractivity contribution < 1.29 is 4.74 Å². The fraction of sp³-hybridized carbons (Fsp3) is 0.333. The topological polar surface area (TPSA) is 44.9 Å². The van der Waals surface area contributed by atoms with Gasteiger partial charge in [0.1, 0.15) is 17.3 Å². The van der Waals surface area contributed by atoms with E-state index in [1.165, 1.54) is 49.8 Å².